The Morgan fingerprint density at radius 3 is 2.88 bits per heavy atom. The van der Waals surface area contributed by atoms with E-state index < -0.39 is 6.09 Å². The Morgan fingerprint density at radius 1 is 1.42 bits per heavy atom. The average molecular weight is 335 g/mol. The molecule has 1 N–H and O–H groups in total. The number of amides is 1. The summed E-state index contributed by atoms with van der Waals surface area (Å²) in [7, 11) is 1.80. The Kier molecular flexibility index (Phi) is 4.84. The molecule has 0 aliphatic carbocycles. The lowest BCUT2D eigenvalue weighted by Crippen LogP contribution is -2.38. The topological polar surface area (TPSA) is 60.4 Å². The van der Waals surface area contributed by atoms with Gasteiger partial charge in [-0.2, -0.15) is 5.10 Å². The number of hydrogen-bond acceptors (Lipinski definition) is 6. The van der Waals surface area contributed by atoms with Gasteiger partial charge in [0.1, 0.15) is 18.3 Å². The molecule has 0 spiro atoms. The van der Waals surface area contributed by atoms with E-state index in [1.54, 1.807) is 30.4 Å². The molecule has 1 aromatic carbocycles. The summed E-state index contributed by atoms with van der Waals surface area (Å²) >= 11 is 0. The summed E-state index contributed by atoms with van der Waals surface area (Å²) in [6.45, 7) is 5.26. The number of carbonyl (C=O) groups is 1. The van der Waals surface area contributed by atoms with E-state index in [9.17, 15) is 9.18 Å². The Hall–Kier alpha value is -2.35. The predicted octanol–water partition coefficient (Wildman–Crippen LogP) is 1.46. The maximum Gasteiger partial charge on any atom is 0.414 e. The minimum atomic E-state index is -0.444. The Balaban J connectivity index is 1.75. The van der Waals surface area contributed by atoms with Gasteiger partial charge >= 0.3 is 6.09 Å². The fourth-order valence-electron chi connectivity index (χ4n) is 2.86. The van der Waals surface area contributed by atoms with Crippen LogP contribution < -0.4 is 15.1 Å². The number of hydrogen-bond donors (Lipinski definition) is 1. The maximum atomic E-state index is 14.5. The largest absolute Gasteiger partial charge is 0.443 e. The van der Waals surface area contributed by atoms with Crippen molar-refractivity contribution in [1.29, 1.82) is 0 Å². The molecule has 1 fully saturated rings. The highest BCUT2D eigenvalue weighted by Crippen LogP contribution is 2.28. The fourth-order valence-corrected chi connectivity index (χ4v) is 2.86. The summed E-state index contributed by atoms with van der Waals surface area (Å²) in [6, 6.07) is 4.79. The summed E-state index contributed by atoms with van der Waals surface area (Å²) in [5.41, 5.74) is 0.960. The lowest BCUT2D eigenvalue weighted by atomic mass is 10.2. The first-order valence-electron chi connectivity index (χ1n) is 8.10. The second-order valence-corrected chi connectivity index (χ2v) is 5.78. The first-order valence-corrected chi connectivity index (χ1v) is 8.10. The third-order valence-electron chi connectivity index (χ3n) is 4.18. The molecule has 2 heterocycles. The number of likely N-dealkylation sites (N-methyl/N-ethyl adjacent to an activating group) is 2. The molecule has 1 aromatic rings. The van der Waals surface area contributed by atoms with Crippen LogP contribution in [0.15, 0.2) is 23.3 Å². The van der Waals surface area contributed by atoms with Gasteiger partial charge in [-0.05, 0) is 32.2 Å². The summed E-state index contributed by atoms with van der Waals surface area (Å²) in [6.07, 6.45) is 0.970. The molecular formula is C16H22FN5O2. The molecule has 1 amide bonds. The van der Waals surface area contributed by atoms with E-state index >= 15 is 0 Å². The number of hydrazone groups is 1. The number of rotatable bonds is 5. The van der Waals surface area contributed by atoms with E-state index in [1.165, 1.54) is 11.0 Å². The number of ether oxygens (including phenoxy) is 1. The quantitative estimate of drug-likeness (QED) is 0.883. The highest BCUT2D eigenvalue weighted by Gasteiger charge is 2.32. The molecule has 0 aromatic heterocycles. The minimum absolute atomic E-state index is 0.223. The predicted molar refractivity (Wildman–Crippen MR) is 91.0 cm³/mol. The van der Waals surface area contributed by atoms with Crippen molar-refractivity contribution in [2.24, 2.45) is 5.10 Å². The average Bonchev–Trinajstić information content (AvgIpc) is 2.96. The van der Waals surface area contributed by atoms with Crippen molar-refractivity contribution >= 4 is 23.8 Å². The van der Waals surface area contributed by atoms with E-state index in [4.69, 9.17) is 4.74 Å². The van der Waals surface area contributed by atoms with Crippen molar-refractivity contribution < 1.29 is 13.9 Å². The zero-order valence-corrected chi connectivity index (χ0v) is 13.9. The van der Waals surface area contributed by atoms with Crippen molar-refractivity contribution in [3.8, 4) is 0 Å². The van der Waals surface area contributed by atoms with E-state index in [1.807, 2.05) is 11.9 Å². The molecule has 8 heteroatoms. The van der Waals surface area contributed by atoms with Crippen LogP contribution in [0.5, 0.6) is 0 Å². The Labute approximate surface area is 140 Å². The molecule has 1 unspecified atom stereocenters. The van der Waals surface area contributed by atoms with Crippen LogP contribution in [0.3, 0.4) is 0 Å². The second-order valence-electron chi connectivity index (χ2n) is 5.78. The number of nitrogens with one attached hydrogen (secondary N) is 1. The third kappa shape index (κ3) is 3.28. The van der Waals surface area contributed by atoms with Crippen molar-refractivity contribution in [3.63, 3.8) is 0 Å². The molecule has 3 rings (SSSR count). The van der Waals surface area contributed by atoms with Crippen molar-refractivity contribution in [1.82, 2.24) is 10.3 Å². The summed E-state index contributed by atoms with van der Waals surface area (Å²) in [5.74, 6) is -0.381. The van der Waals surface area contributed by atoms with E-state index in [0.29, 0.717) is 31.0 Å². The lowest BCUT2D eigenvalue weighted by Gasteiger charge is -2.29. The first kappa shape index (κ1) is 16.5. The van der Waals surface area contributed by atoms with E-state index in [0.717, 1.165) is 13.1 Å². The smallest absolute Gasteiger partial charge is 0.414 e. The van der Waals surface area contributed by atoms with Crippen molar-refractivity contribution in [3.05, 3.63) is 24.0 Å². The SMILES string of the molecule is CCN1CCN(c2ccc(N3CC(CNC)OC3=O)cc2F)C=N1. The second kappa shape index (κ2) is 7.04. The Bertz CT molecular complexity index is 639. The highest BCUT2D eigenvalue weighted by atomic mass is 19.1. The van der Waals surface area contributed by atoms with Crippen LogP contribution in [0.4, 0.5) is 20.6 Å². The number of nitrogens with zero attached hydrogens (tertiary/aromatic N) is 4. The van der Waals surface area contributed by atoms with Gasteiger partial charge < -0.3 is 15.0 Å². The summed E-state index contributed by atoms with van der Waals surface area (Å²) in [4.78, 5) is 15.2. The Morgan fingerprint density at radius 2 is 2.25 bits per heavy atom. The zero-order chi connectivity index (χ0) is 17.1. The third-order valence-corrected chi connectivity index (χ3v) is 4.18. The van der Waals surface area contributed by atoms with Gasteiger partial charge in [-0.15, -0.1) is 0 Å². The molecule has 2 aliphatic rings. The van der Waals surface area contributed by atoms with E-state index in [-0.39, 0.29) is 11.9 Å². The molecule has 0 bridgehead atoms. The molecule has 7 nitrogen and oxygen atoms in total. The van der Waals surface area contributed by atoms with Gasteiger partial charge in [-0.1, -0.05) is 0 Å². The molecule has 1 atom stereocenters. The van der Waals surface area contributed by atoms with Crippen LogP contribution in [0.2, 0.25) is 0 Å². The maximum absolute atomic E-state index is 14.5. The van der Waals surface area contributed by atoms with Gasteiger partial charge in [0.25, 0.3) is 0 Å². The van der Waals surface area contributed by atoms with Gasteiger partial charge in [0.15, 0.2) is 0 Å². The van der Waals surface area contributed by atoms with Crippen LogP contribution in [-0.4, -0.2) is 63.3 Å². The van der Waals surface area contributed by atoms with E-state index in [2.05, 4.69) is 10.4 Å². The number of halogens is 1. The lowest BCUT2D eigenvalue weighted by molar-refractivity contribution is 0.141. The number of carbonyl (C=O) groups excluding carboxylic acids is 1. The monoisotopic (exact) mass is 335 g/mol. The standard InChI is InChI=1S/C16H22FN5O2/c1-3-21-7-6-20(11-19-21)15-5-4-12(8-14(15)17)22-10-13(9-18-2)24-16(22)23/h4-5,8,11,13,18H,3,6-7,9-10H2,1-2H3. The molecule has 0 saturated carbocycles. The van der Waals surface area contributed by atoms with Crippen LogP contribution >= 0.6 is 0 Å². The first-order chi connectivity index (χ1) is 11.6. The fraction of sp³-hybridized carbons (Fsp3) is 0.500. The molecule has 24 heavy (non-hydrogen) atoms. The van der Waals surface area contributed by atoms with Gasteiger partial charge in [0, 0.05) is 19.6 Å². The number of anilines is 2. The minimum Gasteiger partial charge on any atom is -0.443 e. The van der Waals surface area contributed by atoms with Crippen molar-refractivity contribution in [2.75, 3.05) is 49.6 Å². The number of benzene rings is 1. The van der Waals surface area contributed by atoms with Gasteiger partial charge in [-0.3, -0.25) is 9.91 Å². The molecule has 1 saturated heterocycles. The van der Waals surface area contributed by atoms with Crippen LogP contribution in [0.1, 0.15) is 6.92 Å². The normalized spacial score (nSPS) is 20.7. The van der Waals surface area contributed by atoms with Gasteiger partial charge in [-0.25, -0.2) is 9.18 Å². The summed E-state index contributed by atoms with van der Waals surface area (Å²) < 4.78 is 19.8. The highest BCUT2D eigenvalue weighted by molar-refractivity contribution is 5.90. The molecule has 2 aliphatic heterocycles. The number of cyclic esters (lactones) is 1. The zero-order valence-electron chi connectivity index (χ0n) is 13.9. The van der Waals surface area contributed by atoms with Gasteiger partial charge in [0.2, 0.25) is 0 Å². The molecular weight excluding hydrogens is 313 g/mol. The summed E-state index contributed by atoms with van der Waals surface area (Å²) in [5, 5.41) is 9.16. The van der Waals surface area contributed by atoms with Crippen LogP contribution in [0, 0.1) is 5.82 Å². The van der Waals surface area contributed by atoms with Gasteiger partial charge in [0.05, 0.1) is 24.5 Å². The molecule has 130 valence electrons. The van der Waals surface area contributed by atoms with Crippen LogP contribution in [-0.2, 0) is 4.74 Å². The molecule has 0 radical (unpaired) electrons. The van der Waals surface area contributed by atoms with Crippen LogP contribution in [0.25, 0.3) is 0 Å². The van der Waals surface area contributed by atoms with Crippen molar-refractivity contribution in [2.45, 2.75) is 13.0 Å².